The first-order valence-corrected chi connectivity index (χ1v) is 7.65. The van der Waals surface area contributed by atoms with Crippen LogP contribution in [-0.2, 0) is 6.54 Å². The van der Waals surface area contributed by atoms with Gasteiger partial charge in [0, 0.05) is 29.9 Å². The molecular weight excluding hydrogens is 228 g/mol. The van der Waals surface area contributed by atoms with Gasteiger partial charge in [-0.05, 0) is 32.1 Å². The van der Waals surface area contributed by atoms with E-state index in [-0.39, 0.29) is 0 Å². The van der Waals surface area contributed by atoms with Crippen LogP contribution in [0.5, 0.6) is 0 Å². The largest absolute Gasteiger partial charge is 0.288 e. The first-order valence-electron chi connectivity index (χ1n) is 6.77. The highest BCUT2D eigenvalue weighted by Crippen LogP contribution is 2.41. The van der Waals surface area contributed by atoms with Gasteiger partial charge >= 0.3 is 0 Å². The zero-order valence-corrected chi connectivity index (χ0v) is 10.8. The predicted octanol–water partition coefficient (Wildman–Crippen LogP) is 3.31. The summed E-state index contributed by atoms with van der Waals surface area (Å²) < 4.78 is 0. The Morgan fingerprint density at radius 3 is 3.06 bits per heavy atom. The molecule has 0 aromatic carbocycles. The summed E-state index contributed by atoms with van der Waals surface area (Å²) in [5.41, 5.74) is 1.31. The molecule has 3 heteroatoms. The van der Waals surface area contributed by atoms with Gasteiger partial charge < -0.3 is 0 Å². The highest BCUT2D eigenvalue weighted by Gasteiger charge is 2.34. The minimum atomic E-state index is 0.694. The summed E-state index contributed by atoms with van der Waals surface area (Å²) in [5, 5.41) is 3.67. The van der Waals surface area contributed by atoms with Crippen LogP contribution in [0.25, 0.3) is 0 Å². The van der Waals surface area contributed by atoms with E-state index in [1.807, 2.05) is 11.3 Å². The molecule has 3 heterocycles. The van der Waals surface area contributed by atoms with Gasteiger partial charge in [-0.3, -0.25) is 4.90 Å². The molecule has 1 aromatic rings. The molecule has 2 bridgehead atoms. The molecular formula is C14H18N2S. The molecule has 3 aliphatic rings. The lowest BCUT2D eigenvalue weighted by Crippen LogP contribution is -2.36. The van der Waals surface area contributed by atoms with Gasteiger partial charge in [0.25, 0.3) is 0 Å². The summed E-state index contributed by atoms with van der Waals surface area (Å²) in [5.74, 6) is 0.812. The maximum atomic E-state index is 4.82. The van der Waals surface area contributed by atoms with Crippen LogP contribution < -0.4 is 0 Å². The van der Waals surface area contributed by atoms with E-state index in [4.69, 9.17) is 4.98 Å². The number of aromatic nitrogens is 1. The lowest BCUT2D eigenvalue weighted by molar-refractivity contribution is 0.198. The first kappa shape index (κ1) is 10.3. The maximum absolute atomic E-state index is 4.82. The monoisotopic (exact) mass is 246 g/mol. The fraction of sp³-hybridized carbons (Fsp3) is 0.643. The van der Waals surface area contributed by atoms with Gasteiger partial charge in [-0.1, -0.05) is 12.2 Å². The second kappa shape index (κ2) is 3.92. The average Bonchev–Trinajstić information content (AvgIpc) is 3.06. The van der Waals surface area contributed by atoms with Gasteiger partial charge in [0.15, 0.2) is 0 Å². The summed E-state index contributed by atoms with van der Waals surface area (Å²) in [6.45, 7) is 1.07. The third-order valence-electron chi connectivity index (χ3n) is 4.30. The maximum Gasteiger partial charge on any atom is 0.0959 e. The lowest BCUT2D eigenvalue weighted by atomic mass is 10.1. The molecule has 90 valence electrons. The van der Waals surface area contributed by atoms with Crippen LogP contribution >= 0.6 is 11.3 Å². The Labute approximate surface area is 106 Å². The molecule has 1 saturated heterocycles. The van der Waals surface area contributed by atoms with Crippen molar-refractivity contribution in [2.24, 2.45) is 0 Å². The van der Waals surface area contributed by atoms with Crippen molar-refractivity contribution < 1.29 is 0 Å². The molecule has 2 aliphatic heterocycles. The van der Waals surface area contributed by atoms with Gasteiger partial charge in [0.05, 0.1) is 10.7 Å². The zero-order chi connectivity index (χ0) is 11.2. The van der Waals surface area contributed by atoms with E-state index >= 15 is 0 Å². The molecule has 17 heavy (non-hydrogen) atoms. The smallest absolute Gasteiger partial charge is 0.0959 e. The normalized spacial score (nSPS) is 32.2. The first-order chi connectivity index (χ1) is 8.40. The fourth-order valence-electron chi connectivity index (χ4n) is 3.16. The Hall–Kier alpha value is -0.670. The molecule has 0 radical (unpaired) electrons. The minimum absolute atomic E-state index is 0.694. The number of fused-ring (bicyclic) bond motifs is 2. The van der Waals surface area contributed by atoms with Crippen LogP contribution in [0, 0.1) is 0 Å². The molecule has 4 rings (SSSR count). The van der Waals surface area contributed by atoms with Crippen LogP contribution in [-0.4, -0.2) is 22.0 Å². The third kappa shape index (κ3) is 1.85. The topological polar surface area (TPSA) is 16.1 Å². The standard InChI is InChI=1S/C14H18N2S/c1-2-12-6-7-13(3-1)16(12)8-11-9-17-14(15-11)10-4-5-10/h1-2,9-10,12-13H,3-8H2. The van der Waals surface area contributed by atoms with E-state index in [1.165, 1.54) is 42.8 Å². The predicted molar refractivity (Wildman–Crippen MR) is 70.2 cm³/mol. The van der Waals surface area contributed by atoms with Crippen molar-refractivity contribution in [1.29, 1.82) is 0 Å². The van der Waals surface area contributed by atoms with E-state index in [0.29, 0.717) is 6.04 Å². The molecule has 1 aromatic heterocycles. The Balaban J connectivity index is 1.50. The van der Waals surface area contributed by atoms with Crippen LogP contribution in [0.3, 0.4) is 0 Å². The second-order valence-electron chi connectivity index (χ2n) is 5.59. The zero-order valence-electron chi connectivity index (χ0n) is 10.0. The fourth-order valence-corrected chi connectivity index (χ4v) is 4.15. The van der Waals surface area contributed by atoms with Gasteiger partial charge in [-0.25, -0.2) is 4.98 Å². The number of thiazole rings is 1. The van der Waals surface area contributed by atoms with Crippen molar-refractivity contribution in [2.45, 2.75) is 56.7 Å². The molecule has 2 unspecified atom stereocenters. The SMILES string of the molecule is C1=CC2CCC(C1)N2Cc1csc(C2CC2)n1. The molecule has 2 nitrogen and oxygen atoms in total. The van der Waals surface area contributed by atoms with E-state index in [2.05, 4.69) is 22.4 Å². The number of hydrogen-bond acceptors (Lipinski definition) is 3. The number of rotatable bonds is 3. The summed E-state index contributed by atoms with van der Waals surface area (Å²) in [7, 11) is 0. The van der Waals surface area contributed by atoms with Crippen LogP contribution in [0.2, 0.25) is 0 Å². The van der Waals surface area contributed by atoms with E-state index in [9.17, 15) is 0 Å². The molecule has 2 atom stereocenters. The summed E-state index contributed by atoms with van der Waals surface area (Å²) >= 11 is 1.88. The Morgan fingerprint density at radius 2 is 2.24 bits per heavy atom. The highest BCUT2D eigenvalue weighted by atomic mass is 32.1. The Bertz CT molecular complexity index is 447. The third-order valence-corrected chi connectivity index (χ3v) is 5.35. The van der Waals surface area contributed by atoms with E-state index in [0.717, 1.165) is 18.5 Å². The van der Waals surface area contributed by atoms with Gasteiger partial charge in [-0.2, -0.15) is 0 Å². The Kier molecular flexibility index (Phi) is 2.37. The number of hydrogen-bond donors (Lipinski definition) is 0. The van der Waals surface area contributed by atoms with Gasteiger partial charge in [0.2, 0.25) is 0 Å². The number of nitrogens with zero attached hydrogens (tertiary/aromatic N) is 2. The molecule has 0 amide bonds. The molecule has 2 fully saturated rings. The molecule has 0 spiro atoms. The van der Waals surface area contributed by atoms with Gasteiger partial charge in [-0.15, -0.1) is 11.3 Å². The van der Waals surface area contributed by atoms with Crippen molar-refractivity contribution in [2.75, 3.05) is 0 Å². The van der Waals surface area contributed by atoms with Crippen LogP contribution in [0.15, 0.2) is 17.5 Å². The summed E-state index contributed by atoms with van der Waals surface area (Å²) in [6, 6.07) is 1.48. The Morgan fingerprint density at radius 1 is 1.29 bits per heavy atom. The lowest BCUT2D eigenvalue weighted by Gasteiger charge is -2.30. The minimum Gasteiger partial charge on any atom is -0.288 e. The average molecular weight is 246 g/mol. The van der Waals surface area contributed by atoms with Crippen molar-refractivity contribution in [1.82, 2.24) is 9.88 Å². The second-order valence-corrected chi connectivity index (χ2v) is 6.48. The molecule has 1 saturated carbocycles. The summed E-state index contributed by atoms with van der Waals surface area (Å²) in [4.78, 5) is 7.47. The molecule has 0 N–H and O–H groups in total. The molecule has 1 aliphatic carbocycles. The van der Waals surface area contributed by atoms with Crippen LogP contribution in [0.1, 0.15) is 48.7 Å². The quantitative estimate of drug-likeness (QED) is 0.761. The van der Waals surface area contributed by atoms with Crippen molar-refractivity contribution in [3.8, 4) is 0 Å². The van der Waals surface area contributed by atoms with E-state index < -0.39 is 0 Å². The highest BCUT2D eigenvalue weighted by molar-refractivity contribution is 7.09. The van der Waals surface area contributed by atoms with Crippen molar-refractivity contribution >= 4 is 11.3 Å². The van der Waals surface area contributed by atoms with Crippen molar-refractivity contribution in [3.05, 3.63) is 28.2 Å². The summed E-state index contributed by atoms with van der Waals surface area (Å²) in [6.07, 6.45) is 11.5. The van der Waals surface area contributed by atoms with Gasteiger partial charge in [0.1, 0.15) is 0 Å². The van der Waals surface area contributed by atoms with Crippen molar-refractivity contribution in [3.63, 3.8) is 0 Å². The van der Waals surface area contributed by atoms with E-state index in [1.54, 1.807) is 0 Å². The van der Waals surface area contributed by atoms with Crippen LogP contribution in [0.4, 0.5) is 0 Å².